The smallest absolute Gasteiger partial charge is 0.296 e. The summed E-state index contributed by atoms with van der Waals surface area (Å²) in [4.78, 5) is 80.1. The Bertz CT molecular complexity index is 3690. The highest BCUT2D eigenvalue weighted by Gasteiger charge is 2.39. The number of amides is 4. The minimum Gasteiger partial charge on any atom is -0.744 e. The van der Waals surface area contributed by atoms with Crippen LogP contribution in [-0.4, -0.2) is 79.5 Å². The number of anilines is 6. The van der Waals surface area contributed by atoms with Gasteiger partial charge in [0.05, 0.1) is 27.6 Å². The van der Waals surface area contributed by atoms with E-state index in [2.05, 4.69) is 40.5 Å². The first-order valence-corrected chi connectivity index (χ1v) is 23.5. The van der Waals surface area contributed by atoms with E-state index in [1.165, 1.54) is 42.5 Å². The first-order valence-electron chi connectivity index (χ1n) is 19.1. The van der Waals surface area contributed by atoms with Crippen molar-refractivity contribution in [1.29, 1.82) is 0 Å². The lowest BCUT2D eigenvalue weighted by atomic mass is 9.82. The largest absolute Gasteiger partial charge is 0.744 e. The molecule has 0 spiro atoms. The number of nitrogens with zero attached hydrogens (tertiary/aromatic N) is 8. The molecule has 0 unspecified atom stereocenters. The van der Waals surface area contributed by atoms with Crippen molar-refractivity contribution in [3.63, 3.8) is 0 Å². The average Bonchev–Trinajstić information content (AvgIpc) is 3.26. The summed E-state index contributed by atoms with van der Waals surface area (Å²) in [5.74, 6) is -3.84. The van der Waals surface area contributed by atoms with Crippen molar-refractivity contribution in [2.24, 2.45) is 0 Å². The van der Waals surface area contributed by atoms with Crippen LogP contribution in [0.4, 0.5) is 34.6 Å². The lowest BCUT2D eigenvalue weighted by Gasteiger charge is -2.30. The van der Waals surface area contributed by atoms with E-state index < -0.39 is 53.7 Å². The fourth-order valence-electron chi connectivity index (χ4n) is 8.67. The summed E-state index contributed by atoms with van der Waals surface area (Å²) in [6.07, 6.45) is 0. The molecule has 0 radical (unpaired) electrons. The van der Waals surface area contributed by atoms with E-state index in [0.29, 0.717) is 37.7 Å². The highest BCUT2D eigenvalue weighted by atomic mass is 35.5. The lowest BCUT2D eigenvalue weighted by molar-refractivity contribution is 0.0877. The number of fused-ring (bicyclic) bond motifs is 2. The van der Waals surface area contributed by atoms with Crippen LogP contribution in [0, 0.1) is 0 Å². The first kappa shape index (κ1) is 43.3. The number of carbonyl (C=O) groups excluding carboxylic acids is 4. The molecular formula is C42H17Cl4N10O10S2-. The molecule has 9 aromatic rings. The Balaban J connectivity index is 0.999. The summed E-state index contributed by atoms with van der Waals surface area (Å²) >= 11 is 23.4. The molecule has 0 saturated carbocycles. The van der Waals surface area contributed by atoms with Gasteiger partial charge in [-0.1, -0.05) is 24.3 Å². The molecule has 2 aliphatic rings. The van der Waals surface area contributed by atoms with E-state index in [1.54, 1.807) is 24.3 Å². The molecule has 2 aliphatic heterocycles. The van der Waals surface area contributed by atoms with Gasteiger partial charge in [0, 0.05) is 33.0 Å². The second kappa shape index (κ2) is 15.1. The maximum atomic E-state index is 14.4. The van der Waals surface area contributed by atoms with Crippen molar-refractivity contribution in [3.05, 3.63) is 128 Å². The maximum absolute atomic E-state index is 14.4. The van der Waals surface area contributed by atoms with Crippen molar-refractivity contribution in [2.45, 2.75) is 9.79 Å². The number of benzene rings is 7. The average molecular weight is 1030 g/mol. The van der Waals surface area contributed by atoms with Gasteiger partial charge in [0.1, 0.15) is 15.0 Å². The summed E-state index contributed by atoms with van der Waals surface area (Å²) in [7, 11) is -10.3. The van der Waals surface area contributed by atoms with Crippen molar-refractivity contribution >= 4 is 168 Å². The van der Waals surface area contributed by atoms with E-state index >= 15 is 0 Å². The lowest BCUT2D eigenvalue weighted by Crippen LogP contribution is -2.40. The van der Waals surface area contributed by atoms with Gasteiger partial charge in [-0.3, -0.25) is 23.7 Å². The Morgan fingerprint density at radius 2 is 0.779 bits per heavy atom. The molecule has 2 aromatic heterocycles. The molecule has 0 atom stereocenters. The van der Waals surface area contributed by atoms with Gasteiger partial charge >= 0.3 is 0 Å². The van der Waals surface area contributed by atoms with Gasteiger partial charge in [0.15, 0.2) is 0 Å². The minimum absolute atomic E-state index is 0.0739. The Morgan fingerprint density at radius 3 is 1.10 bits per heavy atom. The third-order valence-electron chi connectivity index (χ3n) is 11.3. The van der Waals surface area contributed by atoms with E-state index in [4.69, 9.17) is 46.4 Å². The zero-order valence-corrected chi connectivity index (χ0v) is 37.8. The molecule has 0 aliphatic carbocycles. The fraction of sp³-hybridized carbons (Fsp3) is 0. The van der Waals surface area contributed by atoms with Gasteiger partial charge < -0.3 is 15.2 Å². The third-order valence-corrected chi connectivity index (χ3v) is 13.7. The third kappa shape index (κ3) is 6.71. The van der Waals surface area contributed by atoms with Crippen LogP contribution in [0.25, 0.3) is 43.1 Å². The zero-order valence-electron chi connectivity index (χ0n) is 33.1. The molecule has 0 bridgehead atoms. The van der Waals surface area contributed by atoms with Crippen LogP contribution in [0.15, 0.2) is 94.7 Å². The van der Waals surface area contributed by atoms with E-state index in [1.807, 2.05) is 0 Å². The molecule has 20 nitrogen and oxygen atoms in total. The zero-order chi connectivity index (χ0) is 47.9. The molecule has 7 aromatic carbocycles. The van der Waals surface area contributed by atoms with Crippen molar-refractivity contribution < 1.29 is 45.1 Å². The molecule has 4 heterocycles. The van der Waals surface area contributed by atoms with Crippen molar-refractivity contribution in [1.82, 2.24) is 29.9 Å². The normalized spacial score (nSPS) is 14.0. The number of halogens is 4. The number of hydrogen-bond acceptors (Lipinski definition) is 17. The Hall–Kier alpha value is -7.28. The molecule has 11 rings (SSSR count). The van der Waals surface area contributed by atoms with Gasteiger partial charge in [-0.2, -0.15) is 38.3 Å². The molecule has 68 heavy (non-hydrogen) atoms. The minimum atomic E-state index is -5.26. The van der Waals surface area contributed by atoms with Crippen LogP contribution in [-0.2, 0) is 20.2 Å². The van der Waals surface area contributed by atoms with Crippen LogP contribution in [0.3, 0.4) is 0 Å². The Labute approximate surface area is 399 Å². The van der Waals surface area contributed by atoms with Gasteiger partial charge in [-0.15, -0.1) is 0 Å². The topological polar surface area (TPSA) is 288 Å². The molecule has 336 valence electrons. The summed E-state index contributed by atoms with van der Waals surface area (Å²) in [5, 5.41) is 7.71. The molecule has 26 heteroatoms. The molecule has 4 amide bonds. The van der Waals surface area contributed by atoms with Gasteiger partial charge in [0.25, 0.3) is 33.7 Å². The van der Waals surface area contributed by atoms with Crippen molar-refractivity contribution in [2.75, 3.05) is 20.4 Å². The van der Waals surface area contributed by atoms with Gasteiger partial charge in [0.2, 0.25) is 33.0 Å². The Morgan fingerprint density at radius 1 is 0.456 bits per heavy atom. The summed E-state index contributed by atoms with van der Waals surface area (Å²) < 4.78 is 73.2. The molecule has 3 N–H and O–H groups in total. The summed E-state index contributed by atoms with van der Waals surface area (Å²) in [6.45, 7) is 0. The summed E-state index contributed by atoms with van der Waals surface area (Å²) in [5.41, 5.74) is -0.682. The van der Waals surface area contributed by atoms with E-state index in [-0.39, 0.29) is 83.4 Å². The SMILES string of the molecule is O=C1c2ccc3c4ccc5c6c(ccc(c7ccc(c2c37)C(=O)N1c1ccc(Nc2nc(Cl)nc(Cl)n2)c(S(=O)(=O)[O-])c1)c64)C(=O)N(c1ccc(Nc2nc(Cl)nc(Cl)n2)c(S(=O)(=O)O)c1)C5=O. The Kier molecular flexibility index (Phi) is 9.62. The predicted molar refractivity (Wildman–Crippen MR) is 247 cm³/mol. The van der Waals surface area contributed by atoms with Crippen molar-refractivity contribution in [3.8, 4) is 0 Å². The van der Waals surface area contributed by atoms with Crippen LogP contribution in [0.1, 0.15) is 41.4 Å². The molecule has 0 fully saturated rings. The van der Waals surface area contributed by atoms with Gasteiger partial charge in [-0.25, -0.2) is 18.2 Å². The number of rotatable bonds is 8. The fourth-order valence-corrected chi connectivity index (χ4v) is 10.7. The summed E-state index contributed by atoms with van der Waals surface area (Å²) in [6, 6.07) is 19.3. The molecule has 0 saturated heterocycles. The highest BCUT2D eigenvalue weighted by molar-refractivity contribution is 7.86. The number of imide groups is 2. The van der Waals surface area contributed by atoms with E-state index in [9.17, 15) is 45.1 Å². The first-order chi connectivity index (χ1) is 32.3. The van der Waals surface area contributed by atoms with E-state index in [0.717, 1.165) is 28.0 Å². The van der Waals surface area contributed by atoms with Crippen LogP contribution in [0.2, 0.25) is 21.1 Å². The quantitative estimate of drug-likeness (QED) is 0.0563. The number of nitrogens with one attached hydrogen (secondary N) is 2. The van der Waals surface area contributed by atoms with Crippen LogP contribution in [0.5, 0.6) is 0 Å². The monoisotopic (exact) mass is 1020 g/mol. The second-order valence-electron chi connectivity index (χ2n) is 15.0. The standard InChI is InChI=1S/C42H18Cl4N10O10S2/c43-37-49-38(44)52-41(51-37)47-25-11-1-15(13-27(25)67(61,62)63)55-33(57)21-7-3-17-19-5-9-23-32-24(10-6-20(30(19)32)18-4-8-22(34(55)58)31(21)29(17)18)36(60)56(35(23)59)16-2-12-26(28(14-16)68(64,65)66)48-42-53-39(45)50-40(46)54-42/h1-14H,(H,61,62,63)(H,64,65,66)(H,47,49,51,52)(H,48,50,53,54)/p-1. The van der Waals surface area contributed by atoms with Crippen LogP contribution < -0.4 is 20.4 Å². The second-order valence-corrected chi connectivity index (χ2v) is 19.1. The molecular weight excluding hydrogens is 1010 g/mol. The number of aromatic nitrogens is 6. The predicted octanol–water partition coefficient (Wildman–Crippen LogP) is 7.96. The van der Waals surface area contributed by atoms with Crippen LogP contribution >= 0.6 is 46.4 Å². The van der Waals surface area contributed by atoms with Gasteiger partial charge in [-0.05, 0) is 139 Å². The number of carbonyl (C=O) groups is 4. The number of hydrogen-bond donors (Lipinski definition) is 3. The highest BCUT2D eigenvalue weighted by Crippen LogP contribution is 2.47. The maximum Gasteiger partial charge on any atom is 0.296 e.